The van der Waals surface area contributed by atoms with Gasteiger partial charge in [0.2, 0.25) is 0 Å². The molecule has 90 valence electrons. The summed E-state index contributed by atoms with van der Waals surface area (Å²) in [4.78, 5) is 24.0. The number of carbonyl (C=O) groups is 2. The molecule has 1 aliphatic rings. The van der Waals surface area contributed by atoms with Crippen molar-refractivity contribution in [3.63, 3.8) is 0 Å². The van der Waals surface area contributed by atoms with Crippen molar-refractivity contribution in [2.24, 2.45) is 0 Å². The van der Waals surface area contributed by atoms with Gasteiger partial charge in [0, 0.05) is 4.47 Å². The average molecular weight is 300 g/mol. The van der Waals surface area contributed by atoms with Crippen molar-refractivity contribution in [1.82, 2.24) is 0 Å². The van der Waals surface area contributed by atoms with Crippen molar-refractivity contribution in [3.8, 4) is 5.75 Å². The van der Waals surface area contributed by atoms with E-state index < -0.39 is 12.0 Å². The summed E-state index contributed by atoms with van der Waals surface area (Å²) in [5.74, 6) is -0.891. The summed E-state index contributed by atoms with van der Waals surface area (Å²) in [6.45, 7) is 1.34. The summed E-state index contributed by atoms with van der Waals surface area (Å²) in [5, 5.41) is 9.00. The highest BCUT2D eigenvalue weighted by atomic mass is 79.9. The Bertz CT molecular complexity index is 488. The number of halogens is 1. The number of carboxylic acid groups (broad SMARTS) is 1. The minimum Gasteiger partial charge on any atom is -0.482 e. The van der Waals surface area contributed by atoms with Crippen LogP contribution in [0.2, 0.25) is 0 Å². The maximum Gasteiger partial charge on any atom is 0.326 e. The molecule has 0 saturated heterocycles. The number of aliphatic carboxylic acids is 1. The van der Waals surface area contributed by atoms with Crippen molar-refractivity contribution in [2.45, 2.75) is 13.0 Å². The van der Waals surface area contributed by atoms with Crippen molar-refractivity contribution in [3.05, 3.63) is 22.7 Å². The molecule has 0 saturated carbocycles. The van der Waals surface area contributed by atoms with E-state index in [2.05, 4.69) is 15.9 Å². The van der Waals surface area contributed by atoms with Gasteiger partial charge in [-0.15, -0.1) is 0 Å². The highest BCUT2D eigenvalue weighted by Gasteiger charge is 2.32. The third-order valence-corrected chi connectivity index (χ3v) is 3.04. The van der Waals surface area contributed by atoms with E-state index in [1.165, 1.54) is 11.8 Å². The second kappa shape index (κ2) is 4.37. The van der Waals surface area contributed by atoms with Crippen LogP contribution in [-0.2, 0) is 9.59 Å². The molecule has 0 aromatic heterocycles. The molecule has 0 spiro atoms. The Kier molecular flexibility index (Phi) is 3.06. The van der Waals surface area contributed by atoms with E-state index in [9.17, 15) is 9.59 Å². The first-order valence-corrected chi connectivity index (χ1v) is 5.77. The molecular weight excluding hydrogens is 290 g/mol. The second-order valence-electron chi connectivity index (χ2n) is 3.68. The van der Waals surface area contributed by atoms with Gasteiger partial charge < -0.3 is 9.84 Å². The van der Waals surface area contributed by atoms with Crippen LogP contribution in [0.1, 0.15) is 6.92 Å². The summed E-state index contributed by atoms with van der Waals surface area (Å²) in [7, 11) is 0. The molecule has 1 heterocycles. The third-order valence-electron chi connectivity index (χ3n) is 2.55. The molecule has 1 unspecified atom stereocenters. The number of nitrogens with zero attached hydrogens (tertiary/aromatic N) is 1. The standard InChI is InChI=1S/C11H10BrNO4/c1-6(11(15)16)13-8-4-7(12)2-3-9(8)17-5-10(13)14/h2-4,6H,5H2,1H3,(H,15,16). The summed E-state index contributed by atoms with van der Waals surface area (Å²) in [6, 6.07) is 4.23. The fourth-order valence-corrected chi connectivity index (χ4v) is 2.03. The van der Waals surface area contributed by atoms with Crippen LogP contribution in [0.4, 0.5) is 5.69 Å². The number of carbonyl (C=O) groups excluding carboxylic acids is 1. The van der Waals surface area contributed by atoms with Crippen LogP contribution in [0.25, 0.3) is 0 Å². The van der Waals surface area contributed by atoms with Crippen molar-refractivity contribution in [1.29, 1.82) is 0 Å². The minimum atomic E-state index is -1.05. The normalized spacial score (nSPS) is 16.1. The first kappa shape index (κ1) is 11.9. The van der Waals surface area contributed by atoms with Crippen LogP contribution in [0.5, 0.6) is 5.75 Å². The van der Waals surface area contributed by atoms with Crippen LogP contribution < -0.4 is 9.64 Å². The molecule has 0 fully saturated rings. The molecule has 0 radical (unpaired) electrons. The van der Waals surface area contributed by atoms with Gasteiger partial charge in [0.25, 0.3) is 5.91 Å². The van der Waals surface area contributed by atoms with Crippen LogP contribution in [0.15, 0.2) is 22.7 Å². The van der Waals surface area contributed by atoms with Crippen LogP contribution in [-0.4, -0.2) is 29.6 Å². The number of anilines is 1. The molecule has 1 aromatic carbocycles. The van der Waals surface area contributed by atoms with Gasteiger partial charge in [-0.2, -0.15) is 0 Å². The van der Waals surface area contributed by atoms with E-state index in [1.54, 1.807) is 18.2 Å². The van der Waals surface area contributed by atoms with Gasteiger partial charge in [-0.05, 0) is 25.1 Å². The van der Waals surface area contributed by atoms with Crippen LogP contribution in [0, 0.1) is 0 Å². The Labute approximate surface area is 106 Å². The second-order valence-corrected chi connectivity index (χ2v) is 4.59. The number of carboxylic acids is 1. The van der Waals surface area contributed by atoms with Gasteiger partial charge in [0.05, 0.1) is 5.69 Å². The molecule has 1 aromatic rings. The molecule has 5 nitrogen and oxygen atoms in total. The molecular formula is C11H10BrNO4. The van der Waals surface area contributed by atoms with Gasteiger partial charge in [-0.25, -0.2) is 4.79 Å². The lowest BCUT2D eigenvalue weighted by Gasteiger charge is -2.32. The molecule has 17 heavy (non-hydrogen) atoms. The smallest absolute Gasteiger partial charge is 0.326 e. The van der Waals surface area contributed by atoms with Gasteiger partial charge in [-0.1, -0.05) is 15.9 Å². The number of fused-ring (bicyclic) bond motifs is 1. The first-order valence-electron chi connectivity index (χ1n) is 4.98. The van der Waals surface area contributed by atoms with E-state index in [1.807, 2.05) is 0 Å². The van der Waals surface area contributed by atoms with Gasteiger partial charge in [0.15, 0.2) is 6.61 Å². The lowest BCUT2D eigenvalue weighted by Crippen LogP contribution is -2.48. The minimum absolute atomic E-state index is 0.133. The SMILES string of the molecule is CC(C(=O)O)N1C(=O)COc2ccc(Br)cc21. The largest absolute Gasteiger partial charge is 0.482 e. The Balaban J connectivity index is 2.49. The molecule has 6 heteroatoms. The van der Waals surface area contributed by atoms with Crippen molar-refractivity contribution >= 4 is 33.5 Å². The Morgan fingerprint density at radius 3 is 2.94 bits per heavy atom. The molecule has 0 bridgehead atoms. The lowest BCUT2D eigenvalue weighted by molar-refractivity contribution is -0.140. The topological polar surface area (TPSA) is 66.8 Å². The molecule has 0 aliphatic carbocycles. The van der Waals surface area contributed by atoms with Crippen molar-refractivity contribution in [2.75, 3.05) is 11.5 Å². The number of ether oxygens (including phenoxy) is 1. The molecule has 1 N–H and O–H groups in total. The number of amides is 1. The number of benzene rings is 1. The lowest BCUT2D eigenvalue weighted by atomic mass is 10.2. The van der Waals surface area contributed by atoms with E-state index >= 15 is 0 Å². The van der Waals surface area contributed by atoms with Gasteiger partial charge in [0.1, 0.15) is 11.8 Å². The Hall–Kier alpha value is -1.56. The van der Waals surface area contributed by atoms with Gasteiger partial charge in [-0.3, -0.25) is 9.69 Å². The monoisotopic (exact) mass is 299 g/mol. The molecule has 1 aliphatic heterocycles. The van der Waals surface area contributed by atoms with Crippen LogP contribution in [0.3, 0.4) is 0 Å². The summed E-state index contributed by atoms with van der Waals surface area (Å²) in [6.07, 6.45) is 0. The fraction of sp³-hybridized carbons (Fsp3) is 0.273. The number of hydrogen-bond donors (Lipinski definition) is 1. The van der Waals surface area contributed by atoms with E-state index in [-0.39, 0.29) is 12.5 Å². The highest BCUT2D eigenvalue weighted by molar-refractivity contribution is 9.10. The predicted molar refractivity (Wildman–Crippen MR) is 64.2 cm³/mol. The quantitative estimate of drug-likeness (QED) is 0.902. The predicted octanol–water partition coefficient (Wildman–Crippen LogP) is 1.65. The first-order chi connectivity index (χ1) is 8.00. The zero-order valence-corrected chi connectivity index (χ0v) is 10.6. The summed E-state index contributed by atoms with van der Waals surface area (Å²) < 4.78 is 6.01. The Morgan fingerprint density at radius 1 is 1.59 bits per heavy atom. The fourth-order valence-electron chi connectivity index (χ4n) is 1.68. The molecule has 1 amide bonds. The van der Waals surface area contributed by atoms with E-state index in [0.29, 0.717) is 11.4 Å². The Morgan fingerprint density at radius 2 is 2.29 bits per heavy atom. The average Bonchev–Trinajstić information content (AvgIpc) is 2.27. The zero-order chi connectivity index (χ0) is 12.6. The summed E-state index contributed by atoms with van der Waals surface area (Å²) >= 11 is 3.28. The van der Waals surface area contributed by atoms with Crippen LogP contribution >= 0.6 is 15.9 Å². The number of hydrogen-bond acceptors (Lipinski definition) is 3. The highest BCUT2D eigenvalue weighted by Crippen LogP contribution is 2.35. The van der Waals surface area contributed by atoms with E-state index in [0.717, 1.165) is 4.47 Å². The van der Waals surface area contributed by atoms with Crippen molar-refractivity contribution < 1.29 is 19.4 Å². The molecule has 1 atom stereocenters. The maximum absolute atomic E-state index is 11.7. The third kappa shape index (κ3) is 2.12. The number of rotatable bonds is 2. The zero-order valence-electron chi connectivity index (χ0n) is 9.01. The summed E-state index contributed by atoms with van der Waals surface area (Å²) in [5.41, 5.74) is 0.477. The van der Waals surface area contributed by atoms with Gasteiger partial charge >= 0.3 is 5.97 Å². The maximum atomic E-state index is 11.7. The van der Waals surface area contributed by atoms with E-state index in [4.69, 9.17) is 9.84 Å². The molecule has 2 rings (SSSR count).